The Hall–Kier alpha value is -3.61. The average Bonchev–Trinajstić information content (AvgIpc) is 2.87. The second-order valence-corrected chi connectivity index (χ2v) is 9.14. The number of ether oxygens (including phenoxy) is 3. The molecule has 3 rings (SSSR count). The monoisotopic (exact) mass is 612 g/mol. The first-order chi connectivity index (χ1) is 17.3. The number of hydrogen-bond acceptors (Lipinski definition) is 6. The standard InChI is InChI=1S/C27H22Br2N2O5/c1-3-35-27(33)19-6-10-22(11-7-19)31-26(32)20(15-30)12-18-13-23(29)25(24(14-18)34-2)36-16-17-4-8-21(28)9-5-17/h4-14H,3,16H2,1-2H3,(H,31,32)/b20-12+. The maximum atomic E-state index is 12.7. The van der Waals surface area contributed by atoms with Crippen LogP contribution in [0, 0.1) is 11.3 Å². The normalized spacial score (nSPS) is 10.8. The number of carbonyl (C=O) groups excluding carboxylic acids is 2. The summed E-state index contributed by atoms with van der Waals surface area (Å²) in [5.74, 6) is -0.0916. The van der Waals surface area contributed by atoms with E-state index in [4.69, 9.17) is 14.2 Å². The fourth-order valence-corrected chi connectivity index (χ4v) is 3.96. The van der Waals surface area contributed by atoms with E-state index in [1.165, 1.54) is 13.2 Å². The van der Waals surface area contributed by atoms with Crippen LogP contribution in [-0.4, -0.2) is 25.6 Å². The quantitative estimate of drug-likeness (QED) is 0.168. The van der Waals surface area contributed by atoms with E-state index in [0.717, 1.165) is 10.0 Å². The lowest BCUT2D eigenvalue weighted by Gasteiger charge is -2.14. The van der Waals surface area contributed by atoms with Crippen LogP contribution in [0.2, 0.25) is 0 Å². The van der Waals surface area contributed by atoms with Gasteiger partial charge in [-0.25, -0.2) is 4.79 Å². The molecule has 0 saturated carbocycles. The zero-order chi connectivity index (χ0) is 26.1. The Morgan fingerprint density at radius 1 is 1.06 bits per heavy atom. The highest BCUT2D eigenvalue weighted by molar-refractivity contribution is 9.10. The number of anilines is 1. The van der Waals surface area contributed by atoms with Crippen LogP contribution in [0.1, 0.15) is 28.4 Å². The molecule has 0 spiro atoms. The van der Waals surface area contributed by atoms with Crippen molar-refractivity contribution in [3.8, 4) is 17.6 Å². The molecule has 7 nitrogen and oxygen atoms in total. The zero-order valence-electron chi connectivity index (χ0n) is 19.5. The van der Waals surface area contributed by atoms with Crippen molar-refractivity contribution < 1.29 is 23.8 Å². The minimum atomic E-state index is -0.591. The van der Waals surface area contributed by atoms with Gasteiger partial charge in [0.1, 0.15) is 18.2 Å². The molecule has 3 aromatic carbocycles. The number of hydrogen-bond donors (Lipinski definition) is 1. The van der Waals surface area contributed by atoms with Gasteiger partial charge in [-0.15, -0.1) is 0 Å². The maximum absolute atomic E-state index is 12.7. The molecule has 0 atom stereocenters. The zero-order valence-corrected chi connectivity index (χ0v) is 22.7. The molecule has 9 heteroatoms. The molecule has 0 aliphatic carbocycles. The number of rotatable bonds is 9. The summed E-state index contributed by atoms with van der Waals surface area (Å²) in [7, 11) is 1.51. The molecule has 0 unspecified atom stereocenters. The first kappa shape index (κ1) is 27.0. The summed E-state index contributed by atoms with van der Waals surface area (Å²) in [6.07, 6.45) is 1.45. The summed E-state index contributed by atoms with van der Waals surface area (Å²) in [5, 5.41) is 12.2. The van der Waals surface area contributed by atoms with Crippen LogP contribution in [0.4, 0.5) is 5.69 Å². The highest BCUT2D eigenvalue weighted by atomic mass is 79.9. The van der Waals surface area contributed by atoms with Crippen molar-refractivity contribution in [1.29, 1.82) is 5.26 Å². The topological polar surface area (TPSA) is 97.7 Å². The molecule has 3 aromatic rings. The van der Waals surface area contributed by atoms with E-state index in [1.54, 1.807) is 43.3 Å². The first-order valence-corrected chi connectivity index (χ1v) is 12.4. The van der Waals surface area contributed by atoms with Crippen molar-refractivity contribution in [1.82, 2.24) is 0 Å². The molecule has 36 heavy (non-hydrogen) atoms. The lowest BCUT2D eigenvalue weighted by molar-refractivity contribution is -0.112. The Bertz CT molecular complexity index is 1310. The third-order valence-corrected chi connectivity index (χ3v) is 6.00. The minimum absolute atomic E-state index is 0.109. The SMILES string of the molecule is CCOC(=O)c1ccc(NC(=O)/C(C#N)=C/c2cc(Br)c(OCc3ccc(Br)cc3)c(OC)c2)cc1. The summed E-state index contributed by atoms with van der Waals surface area (Å²) in [4.78, 5) is 24.5. The van der Waals surface area contributed by atoms with Crippen molar-refractivity contribution in [2.45, 2.75) is 13.5 Å². The van der Waals surface area contributed by atoms with E-state index in [2.05, 4.69) is 37.2 Å². The predicted octanol–water partition coefficient (Wildman–Crippen LogP) is 6.52. The average molecular weight is 614 g/mol. The molecule has 0 aliphatic rings. The molecule has 0 aromatic heterocycles. The second kappa shape index (κ2) is 12.9. The molecular formula is C27H22Br2N2O5. The van der Waals surface area contributed by atoms with Gasteiger partial charge in [-0.05, 0) is 88.6 Å². The fourth-order valence-electron chi connectivity index (χ4n) is 3.12. The van der Waals surface area contributed by atoms with E-state index in [1.807, 2.05) is 30.3 Å². The van der Waals surface area contributed by atoms with Gasteiger partial charge in [0.2, 0.25) is 0 Å². The van der Waals surface area contributed by atoms with Gasteiger partial charge >= 0.3 is 5.97 Å². The third kappa shape index (κ3) is 7.20. The Morgan fingerprint density at radius 3 is 2.36 bits per heavy atom. The molecule has 0 aliphatic heterocycles. The number of nitriles is 1. The lowest BCUT2D eigenvalue weighted by Crippen LogP contribution is -2.13. The highest BCUT2D eigenvalue weighted by Gasteiger charge is 2.15. The molecule has 1 N–H and O–H groups in total. The first-order valence-electron chi connectivity index (χ1n) is 10.8. The summed E-state index contributed by atoms with van der Waals surface area (Å²) in [5.41, 5.74) is 2.24. The van der Waals surface area contributed by atoms with Crippen LogP contribution in [0.5, 0.6) is 11.5 Å². The summed E-state index contributed by atoms with van der Waals surface area (Å²) >= 11 is 6.90. The van der Waals surface area contributed by atoms with E-state index in [-0.39, 0.29) is 12.2 Å². The maximum Gasteiger partial charge on any atom is 0.338 e. The van der Waals surface area contributed by atoms with Crippen LogP contribution < -0.4 is 14.8 Å². The summed E-state index contributed by atoms with van der Waals surface area (Å²) in [6, 6.07) is 19.3. The number of nitrogens with zero attached hydrogens (tertiary/aromatic N) is 1. The summed E-state index contributed by atoms with van der Waals surface area (Å²) < 4.78 is 18.0. The molecule has 0 heterocycles. The van der Waals surface area contributed by atoms with E-state index in [9.17, 15) is 14.9 Å². The van der Waals surface area contributed by atoms with E-state index >= 15 is 0 Å². The lowest BCUT2D eigenvalue weighted by atomic mass is 10.1. The molecule has 0 bridgehead atoms. The Balaban J connectivity index is 1.75. The van der Waals surface area contributed by atoms with Crippen molar-refractivity contribution >= 4 is 55.5 Å². The fraction of sp³-hybridized carbons (Fsp3) is 0.148. The number of nitrogens with one attached hydrogen (secondary N) is 1. The molecule has 1 amide bonds. The van der Waals surface area contributed by atoms with Gasteiger partial charge < -0.3 is 19.5 Å². The van der Waals surface area contributed by atoms with E-state index in [0.29, 0.717) is 39.4 Å². The minimum Gasteiger partial charge on any atom is -0.493 e. The van der Waals surface area contributed by atoms with Gasteiger partial charge in [0, 0.05) is 10.2 Å². The van der Waals surface area contributed by atoms with Gasteiger partial charge in [0.25, 0.3) is 5.91 Å². The molecule has 0 radical (unpaired) electrons. The highest BCUT2D eigenvalue weighted by Crippen LogP contribution is 2.38. The number of esters is 1. The van der Waals surface area contributed by atoms with Crippen LogP contribution in [0.15, 0.2) is 75.2 Å². The van der Waals surface area contributed by atoms with Crippen molar-refractivity contribution in [3.63, 3.8) is 0 Å². The predicted molar refractivity (Wildman–Crippen MR) is 144 cm³/mol. The second-order valence-electron chi connectivity index (χ2n) is 7.37. The van der Waals surface area contributed by atoms with Crippen molar-refractivity contribution in [2.75, 3.05) is 19.0 Å². The molecule has 0 saturated heterocycles. The number of amides is 1. The van der Waals surface area contributed by atoms with Crippen LogP contribution in [-0.2, 0) is 16.1 Å². The Morgan fingerprint density at radius 2 is 1.75 bits per heavy atom. The number of halogens is 2. The van der Waals surface area contributed by atoms with Crippen molar-refractivity contribution in [2.24, 2.45) is 0 Å². The molecule has 0 fully saturated rings. The summed E-state index contributed by atoms with van der Waals surface area (Å²) in [6.45, 7) is 2.33. The van der Waals surface area contributed by atoms with Gasteiger partial charge in [-0.2, -0.15) is 5.26 Å². The van der Waals surface area contributed by atoms with Crippen molar-refractivity contribution in [3.05, 3.63) is 91.9 Å². The molecule has 184 valence electrons. The largest absolute Gasteiger partial charge is 0.493 e. The van der Waals surface area contributed by atoms with Crippen LogP contribution >= 0.6 is 31.9 Å². The van der Waals surface area contributed by atoms with Gasteiger partial charge in [0.05, 0.1) is 23.8 Å². The van der Waals surface area contributed by atoms with Crippen LogP contribution in [0.25, 0.3) is 6.08 Å². The van der Waals surface area contributed by atoms with Gasteiger partial charge in [0.15, 0.2) is 11.5 Å². The number of methoxy groups -OCH3 is 1. The van der Waals surface area contributed by atoms with Crippen LogP contribution in [0.3, 0.4) is 0 Å². The Kier molecular flexibility index (Phi) is 9.68. The molecular weight excluding hydrogens is 592 g/mol. The van der Waals surface area contributed by atoms with Gasteiger partial charge in [-0.1, -0.05) is 28.1 Å². The Labute approximate surface area is 225 Å². The van der Waals surface area contributed by atoms with E-state index < -0.39 is 11.9 Å². The van der Waals surface area contributed by atoms with Gasteiger partial charge in [-0.3, -0.25) is 4.79 Å². The number of benzene rings is 3. The smallest absolute Gasteiger partial charge is 0.338 e. The number of carbonyl (C=O) groups is 2. The third-order valence-electron chi connectivity index (χ3n) is 4.88.